The lowest BCUT2D eigenvalue weighted by Crippen LogP contribution is -2.19. The number of rotatable bonds is 2. The van der Waals surface area contributed by atoms with E-state index in [9.17, 15) is 9.90 Å². The Kier molecular flexibility index (Phi) is 1.77. The number of hydrogen-bond donors (Lipinski definition) is 2. The highest BCUT2D eigenvalue weighted by Crippen LogP contribution is 2.51. The van der Waals surface area contributed by atoms with Crippen molar-refractivity contribution in [3.63, 3.8) is 0 Å². The summed E-state index contributed by atoms with van der Waals surface area (Å²) in [6.07, 6.45) is 1.25. The summed E-state index contributed by atoms with van der Waals surface area (Å²) in [4.78, 5) is 11.0. The third kappa shape index (κ3) is 1.16. The number of aromatic hydroxyl groups is 1. The first-order valence-corrected chi connectivity index (χ1v) is 4.60. The summed E-state index contributed by atoms with van der Waals surface area (Å²) in [6.45, 7) is 1.86. The van der Waals surface area contributed by atoms with Gasteiger partial charge in [0.1, 0.15) is 5.75 Å². The number of benzene rings is 1. The molecule has 0 aromatic heterocycles. The summed E-state index contributed by atoms with van der Waals surface area (Å²) >= 11 is 0. The molecule has 2 rings (SSSR count). The molecule has 3 nitrogen and oxygen atoms in total. The molecule has 0 amide bonds. The highest BCUT2D eigenvalue weighted by atomic mass is 16.4. The van der Waals surface area contributed by atoms with Gasteiger partial charge >= 0.3 is 5.97 Å². The van der Waals surface area contributed by atoms with Crippen molar-refractivity contribution < 1.29 is 15.0 Å². The Bertz CT molecular complexity index is 392. The zero-order valence-corrected chi connectivity index (χ0v) is 7.95. The van der Waals surface area contributed by atoms with Gasteiger partial charge in [-0.05, 0) is 31.4 Å². The molecule has 3 heteroatoms. The van der Waals surface area contributed by atoms with Gasteiger partial charge < -0.3 is 10.2 Å². The zero-order chi connectivity index (χ0) is 10.3. The minimum Gasteiger partial charge on any atom is -0.508 e. The smallest absolute Gasteiger partial charge is 0.314 e. The molecular formula is C11H12O3. The van der Waals surface area contributed by atoms with Crippen LogP contribution in [0.5, 0.6) is 5.75 Å². The first kappa shape index (κ1) is 9.06. The summed E-state index contributed by atoms with van der Waals surface area (Å²) < 4.78 is 0. The first-order chi connectivity index (χ1) is 6.56. The van der Waals surface area contributed by atoms with Crippen LogP contribution in [0.2, 0.25) is 0 Å². The molecule has 0 saturated heterocycles. The first-order valence-electron chi connectivity index (χ1n) is 4.60. The van der Waals surface area contributed by atoms with Crippen LogP contribution in [-0.4, -0.2) is 16.2 Å². The Morgan fingerprint density at radius 2 is 2.07 bits per heavy atom. The van der Waals surface area contributed by atoms with E-state index < -0.39 is 11.4 Å². The van der Waals surface area contributed by atoms with Gasteiger partial charge in [-0.1, -0.05) is 12.1 Å². The molecule has 1 aromatic carbocycles. The maximum Gasteiger partial charge on any atom is 0.314 e. The summed E-state index contributed by atoms with van der Waals surface area (Å²) in [5.74, 6) is -0.735. The topological polar surface area (TPSA) is 57.5 Å². The quantitative estimate of drug-likeness (QED) is 0.751. The normalized spacial score (nSPS) is 17.8. The van der Waals surface area contributed by atoms with Gasteiger partial charge in [-0.3, -0.25) is 4.79 Å². The molecule has 0 radical (unpaired) electrons. The standard InChI is InChI=1S/C11H12O3/c1-7-2-3-8(9(12)6-7)11(4-5-11)10(13)14/h2-3,6,12H,4-5H2,1H3,(H,13,14). The van der Waals surface area contributed by atoms with Crippen molar-refractivity contribution in [2.24, 2.45) is 0 Å². The van der Waals surface area contributed by atoms with Crippen molar-refractivity contribution in [2.45, 2.75) is 25.2 Å². The molecule has 1 aliphatic rings. The van der Waals surface area contributed by atoms with Crippen LogP contribution in [-0.2, 0) is 10.2 Å². The second kappa shape index (κ2) is 2.74. The van der Waals surface area contributed by atoms with E-state index >= 15 is 0 Å². The minimum atomic E-state index is -0.836. The molecule has 74 valence electrons. The van der Waals surface area contributed by atoms with Crippen molar-refractivity contribution in [3.8, 4) is 5.75 Å². The highest BCUT2D eigenvalue weighted by Gasteiger charge is 2.53. The summed E-state index contributed by atoms with van der Waals surface area (Å²) in [5, 5.41) is 18.7. The number of hydrogen-bond acceptors (Lipinski definition) is 2. The van der Waals surface area contributed by atoms with Crippen LogP contribution in [0.4, 0.5) is 0 Å². The summed E-state index contributed by atoms with van der Waals surface area (Å²) in [7, 11) is 0. The van der Waals surface area contributed by atoms with Crippen molar-refractivity contribution >= 4 is 5.97 Å². The SMILES string of the molecule is Cc1ccc(C2(C(=O)O)CC2)c(O)c1. The molecule has 0 heterocycles. The van der Waals surface area contributed by atoms with Gasteiger partial charge in [-0.2, -0.15) is 0 Å². The third-order valence-electron chi connectivity index (χ3n) is 2.83. The molecular weight excluding hydrogens is 180 g/mol. The van der Waals surface area contributed by atoms with Crippen molar-refractivity contribution in [3.05, 3.63) is 29.3 Å². The van der Waals surface area contributed by atoms with E-state index in [1.807, 2.05) is 13.0 Å². The van der Waals surface area contributed by atoms with E-state index in [4.69, 9.17) is 5.11 Å². The highest BCUT2D eigenvalue weighted by molar-refractivity contribution is 5.85. The molecule has 1 saturated carbocycles. The Balaban J connectivity index is 2.47. The van der Waals surface area contributed by atoms with Crippen LogP contribution in [0.25, 0.3) is 0 Å². The Hall–Kier alpha value is -1.51. The molecule has 0 atom stereocenters. The lowest BCUT2D eigenvalue weighted by Gasteiger charge is -2.12. The van der Waals surface area contributed by atoms with E-state index in [1.165, 1.54) is 0 Å². The van der Waals surface area contributed by atoms with E-state index in [0.29, 0.717) is 18.4 Å². The molecule has 0 spiro atoms. The Morgan fingerprint density at radius 1 is 1.43 bits per heavy atom. The fourth-order valence-electron chi connectivity index (χ4n) is 1.77. The predicted octanol–water partition coefficient (Wildman–Crippen LogP) is 1.82. The van der Waals surface area contributed by atoms with Gasteiger partial charge in [0.05, 0.1) is 5.41 Å². The lowest BCUT2D eigenvalue weighted by atomic mass is 9.94. The van der Waals surface area contributed by atoms with Crippen LogP contribution in [0, 0.1) is 6.92 Å². The molecule has 1 aromatic rings. The lowest BCUT2D eigenvalue weighted by molar-refractivity contribution is -0.140. The maximum atomic E-state index is 11.0. The van der Waals surface area contributed by atoms with Crippen LogP contribution >= 0.6 is 0 Å². The average molecular weight is 192 g/mol. The van der Waals surface area contributed by atoms with E-state index in [-0.39, 0.29) is 5.75 Å². The number of phenolic OH excluding ortho intramolecular Hbond substituents is 1. The molecule has 0 bridgehead atoms. The predicted molar refractivity (Wildman–Crippen MR) is 51.4 cm³/mol. The summed E-state index contributed by atoms with van der Waals surface area (Å²) in [5.41, 5.74) is 0.681. The fourth-order valence-corrected chi connectivity index (χ4v) is 1.77. The molecule has 2 N–H and O–H groups in total. The Labute approximate surface area is 82.0 Å². The second-order valence-electron chi connectivity index (χ2n) is 3.91. The van der Waals surface area contributed by atoms with Gasteiger partial charge in [-0.15, -0.1) is 0 Å². The van der Waals surface area contributed by atoms with Crippen LogP contribution in [0.3, 0.4) is 0 Å². The molecule has 0 unspecified atom stereocenters. The van der Waals surface area contributed by atoms with Crippen LogP contribution < -0.4 is 0 Å². The Morgan fingerprint density at radius 3 is 2.50 bits per heavy atom. The van der Waals surface area contributed by atoms with Crippen molar-refractivity contribution in [1.29, 1.82) is 0 Å². The number of phenols is 1. The largest absolute Gasteiger partial charge is 0.508 e. The van der Waals surface area contributed by atoms with Crippen LogP contribution in [0.1, 0.15) is 24.0 Å². The van der Waals surface area contributed by atoms with E-state index in [1.54, 1.807) is 12.1 Å². The molecule has 1 aliphatic carbocycles. The summed E-state index contributed by atoms with van der Waals surface area (Å²) in [6, 6.07) is 5.15. The van der Waals surface area contributed by atoms with Crippen LogP contribution in [0.15, 0.2) is 18.2 Å². The maximum absolute atomic E-state index is 11.0. The van der Waals surface area contributed by atoms with E-state index in [2.05, 4.69) is 0 Å². The van der Waals surface area contributed by atoms with Gasteiger partial charge in [0, 0.05) is 5.56 Å². The second-order valence-corrected chi connectivity index (χ2v) is 3.91. The van der Waals surface area contributed by atoms with E-state index in [0.717, 1.165) is 5.56 Å². The fraction of sp³-hybridized carbons (Fsp3) is 0.364. The van der Waals surface area contributed by atoms with Gasteiger partial charge in [0.25, 0.3) is 0 Å². The number of carboxylic acid groups (broad SMARTS) is 1. The number of aliphatic carboxylic acids is 1. The number of carboxylic acids is 1. The zero-order valence-electron chi connectivity index (χ0n) is 7.95. The molecule has 1 fully saturated rings. The van der Waals surface area contributed by atoms with Crippen molar-refractivity contribution in [1.82, 2.24) is 0 Å². The van der Waals surface area contributed by atoms with Crippen molar-refractivity contribution in [2.75, 3.05) is 0 Å². The minimum absolute atomic E-state index is 0.102. The monoisotopic (exact) mass is 192 g/mol. The van der Waals surface area contributed by atoms with Gasteiger partial charge in [0.2, 0.25) is 0 Å². The molecule has 14 heavy (non-hydrogen) atoms. The molecule has 0 aliphatic heterocycles. The van der Waals surface area contributed by atoms with Gasteiger partial charge in [0.15, 0.2) is 0 Å². The number of carbonyl (C=O) groups is 1. The average Bonchev–Trinajstić information content (AvgIpc) is 2.84. The number of aryl methyl sites for hydroxylation is 1. The third-order valence-corrected chi connectivity index (χ3v) is 2.83. The van der Waals surface area contributed by atoms with Gasteiger partial charge in [-0.25, -0.2) is 0 Å².